The summed E-state index contributed by atoms with van der Waals surface area (Å²) in [6.07, 6.45) is 7.81. The highest BCUT2D eigenvalue weighted by molar-refractivity contribution is 7.91. The second-order valence-electron chi connectivity index (χ2n) is 18.0. The quantitative estimate of drug-likeness (QED) is 0.243. The number of nitrogens with zero attached hydrogens (tertiary/aromatic N) is 4. The molecule has 6 bridgehead atoms. The van der Waals surface area contributed by atoms with E-state index in [9.17, 15) is 27.6 Å². The molecule has 3 N–H and O–H groups in total. The largest absolute Gasteiger partial charge is 0.496 e. The lowest BCUT2D eigenvalue weighted by Crippen LogP contribution is -2.60. The molecule has 1 aromatic heterocycles. The molecule has 4 aliphatic rings. The molecule has 4 amide bonds. The molecule has 16 heteroatoms. The maximum Gasteiger partial charge on any atom is 0.408 e. The van der Waals surface area contributed by atoms with Crippen LogP contribution in [0.5, 0.6) is 5.75 Å². The van der Waals surface area contributed by atoms with Gasteiger partial charge in [-0.15, -0.1) is 6.58 Å². The van der Waals surface area contributed by atoms with Crippen LogP contribution in [0.2, 0.25) is 0 Å². The monoisotopic (exact) mass is 841 g/mol. The zero-order valence-corrected chi connectivity index (χ0v) is 35.9. The number of carbonyl (C=O) groups excluding carboxylic acids is 4. The van der Waals surface area contributed by atoms with Crippen LogP contribution < -0.4 is 20.1 Å². The number of methoxy groups -OCH3 is 1. The summed E-state index contributed by atoms with van der Waals surface area (Å²) in [5.74, 6) is -1.91. The molecule has 60 heavy (non-hydrogen) atoms. The maximum atomic E-state index is 14.9. The summed E-state index contributed by atoms with van der Waals surface area (Å²) in [7, 11) is -2.31. The van der Waals surface area contributed by atoms with Crippen molar-refractivity contribution < 1.29 is 37.1 Å². The number of nitrogens with one attached hydrogen (secondary N) is 3. The average Bonchev–Trinajstić information content (AvgIpc) is 4.08. The van der Waals surface area contributed by atoms with Crippen molar-refractivity contribution in [2.45, 2.75) is 114 Å². The van der Waals surface area contributed by atoms with E-state index in [1.165, 1.54) is 15.8 Å². The Morgan fingerprint density at radius 1 is 1.05 bits per heavy atom. The Labute approximate surface area is 351 Å². The lowest BCUT2D eigenvalue weighted by Gasteiger charge is -2.36. The fourth-order valence-corrected chi connectivity index (χ4v) is 9.46. The van der Waals surface area contributed by atoms with Crippen LogP contribution in [0.25, 0.3) is 28.6 Å². The van der Waals surface area contributed by atoms with Crippen LogP contribution in [0.3, 0.4) is 0 Å². The summed E-state index contributed by atoms with van der Waals surface area (Å²) in [6, 6.07) is 12.4. The number of allylic oxidation sites excluding steroid dienone is 1. The molecule has 2 aromatic carbocycles. The van der Waals surface area contributed by atoms with Crippen molar-refractivity contribution in [3.8, 4) is 28.3 Å². The van der Waals surface area contributed by atoms with E-state index in [0.29, 0.717) is 49.2 Å². The minimum atomic E-state index is -3.93. The van der Waals surface area contributed by atoms with Crippen molar-refractivity contribution in [1.82, 2.24) is 35.2 Å². The predicted molar refractivity (Wildman–Crippen MR) is 226 cm³/mol. The Morgan fingerprint density at radius 3 is 2.38 bits per heavy atom. The third-order valence-electron chi connectivity index (χ3n) is 11.8. The Bertz CT molecular complexity index is 2310. The summed E-state index contributed by atoms with van der Waals surface area (Å²) in [5.41, 5.74) is 0.297. The number of fused-ring (bicyclic) bond motifs is 8. The number of sulfonamides is 1. The number of carbonyl (C=O) groups is 4. The zero-order valence-electron chi connectivity index (χ0n) is 35.1. The van der Waals surface area contributed by atoms with Crippen LogP contribution in [0.15, 0.2) is 67.3 Å². The molecule has 2 aliphatic carbocycles. The molecular weight excluding hydrogens is 787 g/mol. The van der Waals surface area contributed by atoms with Gasteiger partial charge in [-0.2, -0.15) is 15.0 Å². The Balaban J connectivity index is 1.31. The highest BCUT2D eigenvalue weighted by Crippen LogP contribution is 2.46. The van der Waals surface area contributed by atoms with E-state index in [1.54, 1.807) is 7.11 Å². The number of hydrogen-bond donors (Lipinski definition) is 3. The molecular formula is C44H55N7O8S. The third kappa shape index (κ3) is 8.84. The van der Waals surface area contributed by atoms with E-state index >= 15 is 0 Å². The van der Waals surface area contributed by atoms with Crippen molar-refractivity contribution >= 4 is 39.9 Å². The standard InChI is InChI=1S/C44H55N7O8S/c1-8-30-25-44(30,40(54)49-60(56,57)32-19-20-32)46-38(52)33-24-31-26-50(33)39(53)37(42(2,3)4)45-41(55)59-43(5,6)22-14-10-13-17-28-23-29(18-21-34(28)58-7)36-35(47-51(31)48-36)27-15-11-9-12-16-27/h8-9,11-13,15-18,21,23,30-33,37H,1,10,14,19-20,22,24-26H2,2-7H3,(H,45,55)(H,46,52)(H,49,54)/b17-13-/t30-,31-,33+,37-,44-/m1/s1. The van der Waals surface area contributed by atoms with E-state index < -0.39 is 79.7 Å². The number of amides is 4. The topological polar surface area (TPSA) is 191 Å². The fourth-order valence-electron chi connectivity index (χ4n) is 8.09. The number of hydrogen-bond acceptors (Lipinski definition) is 10. The molecule has 0 unspecified atom stereocenters. The summed E-state index contributed by atoms with van der Waals surface area (Å²) >= 11 is 0. The lowest BCUT2D eigenvalue weighted by molar-refractivity contribution is -0.143. The van der Waals surface area contributed by atoms with Crippen LogP contribution in [0.4, 0.5) is 4.79 Å². The second-order valence-corrected chi connectivity index (χ2v) is 20.0. The minimum absolute atomic E-state index is 0.0230. The average molecular weight is 842 g/mol. The first-order valence-electron chi connectivity index (χ1n) is 20.5. The van der Waals surface area contributed by atoms with Crippen molar-refractivity contribution in [3.05, 3.63) is 72.8 Å². The number of rotatable bonds is 8. The van der Waals surface area contributed by atoms with Crippen LogP contribution >= 0.6 is 0 Å². The van der Waals surface area contributed by atoms with Crippen molar-refractivity contribution in [2.24, 2.45) is 11.3 Å². The van der Waals surface area contributed by atoms with Gasteiger partial charge >= 0.3 is 6.09 Å². The Kier molecular flexibility index (Phi) is 11.5. The van der Waals surface area contributed by atoms with E-state index in [1.807, 2.05) is 89.2 Å². The summed E-state index contributed by atoms with van der Waals surface area (Å²) in [4.78, 5) is 59.8. The van der Waals surface area contributed by atoms with Gasteiger partial charge in [-0.1, -0.05) is 69.3 Å². The van der Waals surface area contributed by atoms with Gasteiger partial charge in [-0.25, -0.2) is 13.2 Å². The van der Waals surface area contributed by atoms with Crippen LogP contribution in [-0.4, -0.2) is 94.3 Å². The van der Waals surface area contributed by atoms with Gasteiger partial charge in [-0.3, -0.25) is 19.1 Å². The number of cyclic esters (lactones) is 1. The molecule has 7 rings (SSSR count). The molecule has 1 saturated heterocycles. The summed E-state index contributed by atoms with van der Waals surface area (Å²) in [5, 5.41) is 15.1. The lowest BCUT2D eigenvalue weighted by atomic mass is 9.85. The van der Waals surface area contributed by atoms with Gasteiger partial charge < -0.3 is 25.0 Å². The van der Waals surface area contributed by atoms with E-state index in [4.69, 9.17) is 19.7 Å². The number of benzene rings is 2. The van der Waals surface area contributed by atoms with E-state index in [-0.39, 0.29) is 19.4 Å². The molecule has 15 nitrogen and oxygen atoms in total. The molecule has 2 saturated carbocycles. The summed E-state index contributed by atoms with van der Waals surface area (Å²) in [6.45, 7) is 12.9. The molecule has 2 aliphatic heterocycles. The summed E-state index contributed by atoms with van der Waals surface area (Å²) < 4.78 is 39.5. The van der Waals surface area contributed by atoms with Crippen molar-refractivity contribution in [1.29, 1.82) is 0 Å². The van der Waals surface area contributed by atoms with Crippen molar-refractivity contribution in [3.63, 3.8) is 0 Å². The second kappa shape index (κ2) is 16.2. The fraction of sp³-hybridized carbons (Fsp3) is 0.500. The van der Waals surface area contributed by atoms with Crippen LogP contribution in [0.1, 0.15) is 91.2 Å². The van der Waals surface area contributed by atoms with Gasteiger partial charge in [0.1, 0.15) is 40.4 Å². The SMILES string of the molecule is C=C[C@@H]1C[C@]1(NC(=O)[C@@H]1C[C@@H]2CN1C(=O)[C@H](C(C)(C)C)NC(=O)OC(C)(C)CCC/C=C\c1cc(ccc1OC)-c1nn2nc1-c1ccccc1)C(=O)NS(=O)(=O)C1CC1. The highest BCUT2D eigenvalue weighted by Gasteiger charge is 2.62. The molecule has 5 atom stereocenters. The number of alkyl carbamates (subject to hydrolysis) is 1. The normalized spacial score (nSPS) is 26.2. The molecule has 0 radical (unpaired) electrons. The number of aromatic nitrogens is 3. The van der Waals surface area contributed by atoms with Gasteiger partial charge in [0.25, 0.3) is 5.91 Å². The van der Waals surface area contributed by atoms with Gasteiger partial charge in [0.15, 0.2) is 0 Å². The highest BCUT2D eigenvalue weighted by atomic mass is 32.2. The van der Waals surface area contributed by atoms with E-state index in [0.717, 1.165) is 16.7 Å². The smallest absolute Gasteiger partial charge is 0.408 e. The molecule has 0 spiro atoms. The Morgan fingerprint density at radius 2 is 1.75 bits per heavy atom. The first-order chi connectivity index (χ1) is 28.4. The first-order valence-corrected chi connectivity index (χ1v) is 22.1. The van der Waals surface area contributed by atoms with Crippen molar-refractivity contribution in [2.75, 3.05) is 13.7 Å². The third-order valence-corrected chi connectivity index (χ3v) is 13.6. The van der Waals surface area contributed by atoms with Gasteiger partial charge in [0.05, 0.1) is 18.4 Å². The van der Waals surface area contributed by atoms with Gasteiger partial charge in [-0.05, 0) is 76.0 Å². The molecule has 3 heterocycles. The molecule has 3 fully saturated rings. The Hall–Kier alpha value is -5.51. The van der Waals surface area contributed by atoms with E-state index in [2.05, 4.69) is 28.0 Å². The zero-order chi connectivity index (χ0) is 43.2. The minimum Gasteiger partial charge on any atom is -0.496 e. The molecule has 320 valence electrons. The number of ether oxygens (including phenoxy) is 2. The maximum absolute atomic E-state index is 14.9. The first kappa shape index (κ1) is 42.6. The van der Waals surface area contributed by atoms with Gasteiger partial charge in [0, 0.05) is 35.6 Å². The van der Waals surface area contributed by atoms with Gasteiger partial charge in [0.2, 0.25) is 21.8 Å². The van der Waals surface area contributed by atoms with Crippen LogP contribution in [0, 0.1) is 11.3 Å². The molecule has 3 aromatic rings. The van der Waals surface area contributed by atoms with Crippen LogP contribution in [-0.2, 0) is 29.1 Å². The predicted octanol–water partition coefficient (Wildman–Crippen LogP) is 5.55.